The van der Waals surface area contributed by atoms with Gasteiger partial charge in [-0.15, -0.1) is 0 Å². The van der Waals surface area contributed by atoms with Crippen LogP contribution in [-0.2, 0) is 20.5 Å². The van der Waals surface area contributed by atoms with Crippen LogP contribution in [0.4, 0.5) is 13.2 Å². The lowest BCUT2D eigenvalue weighted by Gasteiger charge is -2.26. The van der Waals surface area contributed by atoms with Gasteiger partial charge in [-0.2, -0.15) is 13.2 Å². The highest BCUT2D eigenvalue weighted by Gasteiger charge is 2.45. The standard InChI is InChI=1S/C12H20F3NO3S/c1-6-7-19-10(17)8(2)9(12(13,14)15)16-20(18)11(3,4)5/h9,16H,2,6-7H2,1,3-5H3/t9-,20-/m0/s1. The van der Waals surface area contributed by atoms with Crippen molar-refractivity contribution >= 4 is 17.0 Å². The normalized spacial score (nSPS) is 15.6. The maximum atomic E-state index is 12.9. The van der Waals surface area contributed by atoms with E-state index in [2.05, 4.69) is 11.3 Å². The van der Waals surface area contributed by atoms with E-state index < -0.39 is 39.5 Å². The van der Waals surface area contributed by atoms with Gasteiger partial charge in [0, 0.05) is 0 Å². The molecular weight excluding hydrogens is 295 g/mol. The molecule has 0 aromatic carbocycles. The van der Waals surface area contributed by atoms with Crippen LogP contribution in [0.3, 0.4) is 0 Å². The fraction of sp³-hybridized carbons (Fsp3) is 0.750. The van der Waals surface area contributed by atoms with E-state index >= 15 is 0 Å². The summed E-state index contributed by atoms with van der Waals surface area (Å²) in [6, 6.07) is -2.40. The Kier molecular flexibility index (Phi) is 6.89. The maximum absolute atomic E-state index is 12.9. The molecule has 0 spiro atoms. The number of rotatable bonds is 6. The molecule has 0 unspecified atom stereocenters. The molecular formula is C12H20F3NO3S. The van der Waals surface area contributed by atoms with Crippen molar-refractivity contribution in [2.24, 2.45) is 0 Å². The minimum absolute atomic E-state index is 0.00475. The molecule has 8 heteroatoms. The number of alkyl halides is 3. The monoisotopic (exact) mass is 315 g/mol. The largest absolute Gasteiger partial charge is 0.462 e. The number of esters is 1. The highest BCUT2D eigenvalue weighted by Crippen LogP contribution is 2.27. The van der Waals surface area contributed by atoms with Gasteiger partial charge in [0.15, 0.2) is 0 Å². The van der Waals surface area contributed by atoms with E-state index in [9.17, 15) is 22.2 Å². The molecule has 0 aliphatic rings. The molecule has 0 aromatic heterocycles. The third kappa shape index (κ3) is 6.04. The molecule has 0 radical (unpaired) electrons. The van der Waals surface area contributed by atoms with Crippen molar-refractivity contribution in [3.63, 3.8) is 0 Å². The minimum Gasteiger partial charge on any atom is -0.462 e. The van der Waals surface area contributed by atoms with Crippen LogP contribution in [0, 0.1) is 0 Å². The van der Waals surface area contributed by atoms with Crippen molar-refractivity contribution in [3.8, 4) is 0 Å². The van der Waals surface area contributed by atoms with Crippen LogP contribution in [0.15, 0.2) is 12.2 Å². The Hall–Kier alpha value is -0.890. The zero-order chi connectivity index (χ0) is 16.1. The quantitative estimate of drug-likeness (QED) is 0.605. The van der Waals surface area contributed by atoms with Crippen molar-refractivity contribution in [1.29, 1.82) is 0 Å². The second-order valence-corrected chi connectivity index (χ2v) is 7.13. The number of hydrogen-bond acceptors (Lipinski definition) is 3. The Morgan fingerprint density at radius 1 is 1.35 bits per heavy atom. The average Bonchev–Trinajstić information content (AvgIpc) is 2.28. The third-order valence-corrected chi connectivity index (χ3v) is 3.72. The first kappa shape index (κ1) is 19.1. The molecule has 0 aromatic rings. The number of carbonyl (C=O) groups is 1. The van der Waals surface area contributed by atoms with E-state index in [0.717, 1.165) is 0 Å². The van der Waals surface area contributed by atoms with Crippen molar-refractivity contribution in [3.05, 3.63) is 12.2 Å². The molecule has 0 aliphatic carbocycles. The van der Waals surface area contributed by atoms with E-state index in [1.165, 1.54) is 20.8 Å². The Labute approximate surface area is 119 Å². The molecule has 0 saturated carbocycles. The number of ether oxygens (including phenoxy) is 1. The molecule has 0 bridgehead atoms. The van der Waals surface area contributed by atoms with E-state index in [0.29, 0.717) is 6.42 Å². The van der Waals surface area contributed by atoms with Gasteiger partial charge in [-0.05, 0) is 27.2 Å². The predicted molar refractivity (Wildman–Crippen MR) is 71.3 cm³/mol. The zero-order valence-electron chi connectivity index (χ0n) is 12.0. The molecule has 20 heavy (non-hydrogen) atoms. The summed E-state index contributed by atoms with van der Waals surface area (Å²) in [5.41, 5.74) is -0.802. The van der Waals surface area contributed by atoms with E-state index in [4.69, 9.17) is 0 Å². The van der Waals surface area contributed by atoms with Gasteiger partial charge in [0.2, 0.25) is 0 Å². The van der Waals surface area contributed by atoms with Crippen molar-refractivity contribution < 1.29 is 26.9 Å². The van der Waals surface area contributed by atoms with Gasteiger partial charge >= 0.3 is 12.1 Å². The summed E-state index contributed by atoms with van der Waals surface area (Å²) in [6.07, 6.45) is -4.31. The van der Waals surface area contributed by atoms with Crippen LogP contribution in [-0.4, -0.2) is 33.8 Å². The first-order valence-corrected chi connectivity index (χ1v) is 7.17. The van der Waals surface area contributed by atoms with Crippen LogP contribution in [0.1, 0.15) is 34.1 Å². The summed E-state index contributed by atoms with van der Waals surface area (Å²) in [4.78, 5) is 11.5. The average molecular weight is 315 g/mol. The van der Waals surface area contributed by atoms with Crippen molar-refractivity contribution in [2.75, 3.05) is 6.61 Å². The van der Waals surface area contributed by atoms with Gasteiger partial charge in [0.25, 0.3) is 0 Å². The fourth-order valence-electron chi connectivity index (χ4n) is 1.02. The van der Waals surface area contributed by atoms with Crippen LogP contribution in [0.2, 0.25) is 0 Å². The summed E-state index contributed by atoms with van der Waals surface area (Å²) < 4.78 is 56.2. The SMILES string of the molecule is C=C(C(=O)OCCC)[C@H](N[S@@](=O)C(C)(C)C)C(F)(F)F. The van der Waals surface area contributed by atoms with Gasteiger partial charge in [-0.3, -0.25) is 0 Å². The molecule has 0 amide bonds. The van der Waals surface area contributed by atoms with E-state index in [1.807, 2.05) is 4.72 Å². The zero-order valence-corrected chi connectivity index (χ0v) is 12.8. The highest BCUT2D eigenvalue weighted by molar-refractivity contribution is 7.84. The predicted octanol–water partition coefficient (Wildman–Crippen LogP) is 2.48. The second kappa shape index (κ2) is 7.21. The van der Waals surface area contributed by atoms with Gasteiger partial charge in [-0.25, -0.2) is 13.7 Å². The third-order valence-electron chi connectivity index (χ3n) is 2.16. The highest BCUT2D eigenvalue weighted by atomic mass is 32.2. The molecule has 0 saturated heterocycles. The molecule has 2 atom stereocenters. The van der Waals surface area contributed by atoms with Gasteiger partial charge in [0.1, 0.15) is 6.04 Å². The number of nitrogens with one attached hydrogen (secondary N) is 1. The number of halogens is 3. The van der Waals surface area contributed by atoms with Crippen LogP contribution >= 0.6 is 0 Å². The Morgan fingerprint density at radius 3 is 2.20 bits per heavy atom. The Morgan fingerprint density at radius 2 is 1.85 bits per heavy atom. The maximum Gasteiger partial charge on any atom is 0.409 e. The van der Waals surface area contributed by atoms with Crippen molar-refractivity contribution in [2.45, 2.75) is 51.1 Å². The van der Waals surface area contributed by atoms with Crippen LogP contribution in [0.25, 0.3) is 0 Å². The van der Waals surface area contributed by atoms with Gasteiger partial charge < -0.3 is 4.74 Å². The fourth-order valence-corrected chi connectivity index (χ4v) is 1.87. The number of carbonyl (C=O) groups excluding carboxylic acids is 1. The van der Waals surface area contributed by atoms with Gasteiger partial charge in [-0.1, -0.05) is 13.5 Å². The number of hydrogen-bond donors (Lipinski definition) is 1. The summed E-state index contributed by atoms with van der Waals surface area (Å²) in [5.74, 6) is -1.15. The Balaban J connectivity index is 5.05. The first-order valence-electron chi connectivity index (χ1n) is 6.02. The Bertz CT molecular complexity index is 388. The second-order valence-electron chi connectivity index (χ2n) is 5.13. The van der Waals surface area contributed by atoms with Crippen LogP contribution in [0.5, 0.6) is 0 Å². The van der Waals surface area contributed by atoms with E-state index in [-0.39, 0.29) is 6.61 Å². The molecule has 0 fully saturated rings. The molecule has 4 nitrogen and oxygen atoms in total. The molecule has 0 heterocycles. The summed E-state index contributed by atoms with van der Waals surface area (Å²) in [6.45, 7) is 9.38. The van der Waals surface area contributed by atoms with Crippen molar-refractivity contribution in [1.82, 2.24) is 4.72 Å². The van der Waals surface area contributed by atoms with Crippen LogP contribution < -0.4 is 4.72 Å². The summed E-state index contributed by atoms with van der Waals surface area (Å²) >= 11 is 0. The lowest BCUT2D eigenvalue weighted by Crippen LogP contribution is -2.49. The lowest BCUT2D eigenvalue weighted by molar-refractivity contribution is -0.154. The molecule has 0 rings (SSSR count). The van der Waals surface area contributed by atoms with Gasteiger partial charge in [0.05, 0.1) is 27.9 Å². The van der Waals surface area contributed by atoms with E-state index in [1.54, 1.807) is 6.92 Å². The molecule has 118 valence electrons. The topological polar surface area (TPSA) is 55.4 Å². The summed E-state index contributed by atoms with van der Waals surface area (Å²) in [5, 5.41) is 0. The molecule has 1 N–H and O–H groups in total. The minimum atomic E-state index is -4.79. The lowest BCUT2D eigenvalue weighted by atomic mass is 10.1. The summed E-state index contributed by atoms with van der Waals surface area (Å²) in [7, 11) is -2.00. The molecule has 0 aliphatic heterocycles. The smallest absolute Gasteiger partial charge is 0.409 e. The first-order chi connectivity index (χ1) is 8.91.